The van der Waals surface area contributed by atoms with Gasteiger partial charge in [0.1, 0.15) is 10.7 Å². The summed E-state index contributed by atoms with van der Waals surface area (Å²) in [5.74, 6) is 0.834. The summed E-state index contributed by atoms with van der Waals surface area (Å²) in [6.45, 7) is 4.68. The molecule has 18 heteroatoms. The van der Waals surface area contributed by atoms with Crippen molar-refractivity contribution >= 4 is 43.3 Å². The van der Waals surface area contributed by atoms with E-state index < -0.39 is 41.2 Å². The predicted molar refractivity (Wildman–Crippen MR) is 164 cm³/mol. The standard InChI is InChI=1S/C27H34F3N7O5S3/c28-27(29,30)44(38,39)24-18-22(45(40,41)35-26-34-33-25-8-10-31-11-13-37(25)26)6-7-23(24)32-20(9-12-36-14-16-42-17-15-36)19-43-21-4-2-1-3-5-21/h1-7,18,20,31-32H,8-17,19H2,(H,34,35)/t20-/m1/s1. The average molecular weight is 690 g/mol. The molecule has 1 saturated heterocycles. The van der Waals surface area contributed by atoms with E-state index >= 15 is 0 Å². The zero-order valence-corrected chi connectivity index (χ0v) is 26.6. The fraction of sp³-hybridized carbons (Fsp3) is 0.481. The van der Waals surface area contributed by atoms with E-state index in [-0.39, 0.29) is 11.6 Å². The Kier molecular flexibility index (Phi) is 10.6. The first-order valence-electron chi connectivity index (χ1n) is 14.3. The largest absolute Gasteiger partial charge is 0.501 e. The van der Waals surface area contributed by atoms with Crippen LogP contribution >= 0.6 is 11.8 Å². The Hall–Kier alpha value is -2.90. The van der Waals surface area contributed by atoms with Crippen molar-refractivity contribution < 1.29 is 34.7 Å². The Bertz CT molecular complexity index is 1670. The Balaban J connectivity index is 1.44. The number of ether oxygens (including phenoxy) is 1. The summed E-state index contributed by atoms with van der Waals surface area (Å²) in [7, 11) is -10.5. The van der Waals surface area contributed by atoms with Gasteiger partial charge in [0.25, 0.3) is 19.9 Å². The number of aromatic nitrogens is 3. The van der Waals surface area contributed by atoms with Crippen LogP contribution in [-0.2, 0) is 37.6 Å². The number of anilines is 2. The van der Waals surface area contributed by atoms with Crippen molar-refractivity contribution in [2.75, 3.05) is 61.7 Å². The number of alkyl halides is 3. The van der Waals surface area contributed by atoms with E-state index in [0.29, 0.717) is 83.0 Å². The van der Waals surface area contributed by atoms with Gasteiger partial charge in [-0.25, -0.2) is 21.6 Å². The van der Waals surface area contributed by atoms with Gasteiger partial charge in [0.05, 0.1) is 23.8 Å². The van der Waals surface area contributed by atoms with Gasteiger partial charge in [-0.2, -0.15) is 13.2 Å². The van der Waals surface area contributed by atoms with Gasteiger partial charge in [0.15, 0.2) is 0 Å². The molecule has 0 unspecified atom stereocenters. The summed E-state index contributed by atoms with van der Waals surface area (Å²) in [6.07, 6.45) is 0.984. The van der Waals surface area contributed by atoms with Crippen molar-refractivity contribution in [3.63, 3.8) is 0 Å². The summed E-state index contributed by atoms with van der Waals surface area (Å²) in [5, 5.41) is 14.0. The third-order valence-corrected chi connectivity index (χ3v) is 11.4. The number of fused-ring (bicyclic) bond motifs is 1. The molecule has 12 nitrogen and oxygen atoms in total. The van der Waals surface area contributed by atoms with Crippen LogP contribution in [0.2, 0.25) is 0 Å². The van der Waals surface area contributed by atoms with Crippen LogP contribution in [0.4, 0.5) is 24.8 Å². The second kappa shape index (κ2) is 14.3. The van der Waals surface area contributed by atoms with Crippen molar-refractivity contribution in [3.8, 4) is 0 Å². The maximum absolute atomic E-state index is 13.9. The smallest absolute Gasteiger partial charge is 0.380 e. The lowest BCUT2D eigenvalue weighted by Crippen LogP contribution is -2.39. The van der Waals surface area contributed by atoms with Crippen LogP contribution in [0.1, 0.15) is 12.2 Å². The molecule has 1 aromatic heterocycles. The minimum atomic E-state index is -5.95. The highest BCUT2D eigenvalue weighted by atomic mass is 32.2. The summed E-state index contributed by atoms with van der Waals surface area (Å²) in [5.41, 5.74) is -6.01. The van der Waals surface area contributed by atoms with E-state index in [2.05, 4.69) is 30.5 Å². The molecular weight excluding hydrogens is 656 g/mol. The topological polar surface area (TPSA) is 148 Å². The maximum Gasteiger partial charge on any atom is 0.501 e. The van der Waals surface area contributed by atoms with Crippen LogP contribution in [0.15, 0.2) is 63.2 Å². The van der Waals surface area contributed by atoms with Gasteiger partial charge in [-0.05, 0) is 36.8 Å². The van der Waals surface area contributed by atoms with E-state index in [1.54, 1.807) is 4.57 Å². The Labute approximate surface area is 264 Å². The molecule has 0 amide bonds. The zero-order valence-electron chi connectivity index (χ0n) is 24.2. The van der Waals surface area contributed by atoms with E-state index in [9.17, 15) is 30.0 Å². The highest BCUT2D eigenvalue weighted by molar-refractivity contribution is 7.99. The number of nitrogens with one attached hydrogen (secondary N) is 3. The lowest BCUT2D eigenvalue weighted by molar-refractivity contribution is -0.0435. The minimum absolute atomic E-state index is 0.114. The van der Waals surface area contributed by atoms with Gasteiger partial charge >= 0.3 is 5.51 Å². The quantitative estimate of drug-likeness (QED) is 0.241. The normalized spacial score (nSPS) is 17.3. The van der Waals surface area contributed by atoms with Crippen molar-refractivity contribution in [2.24, 2.45) is 0 Å². The number of hydrogen-bond acceptors (Lipinski definition) is 11. The van der Waals surface area contributed by atoms with Crippen LogP contribution in [0.25, 0.3) is 0 Å². The van der Waals surface area contributed by atoms with E-state index in [1.807, 2.05) is 30.3 Å². The number of halogens is 3. The van der Waals surface area contributed by atoms with Crippen LogP contribution < -0.4 is 15.4 Å². The molecule has 3 aromatic rings. The molecule has 0 aliphatic carbocycles. The Morgan fingerprint density at radius 3 is 2.49 bits per heavy atom. The molecule has 45 heavy (non-hydrogen) atoms. The molecular formula is C27H34F3N7O5S3. The average Bonchev–Trinajstić information content (AvgIpc) is 3.22. The Morgan fingerprint density at radius 1 is 1.00 bits per heavy atom. The number of rotatable bonds is 12. The van der Waals surface area contributed by atoms with Gasteiger partial charge in [-0.1, -0.05) is 18.2 Å². The van der Waals surface area contributed by atoms with Gasteiger partial charge < -0.3 is 15.4 Å². The number of benzene rings is 2. The molecule has 1 atom stereocenters. The molecule has 0 radical (unpaired) electrons. The third kappa shape index (κ3) is 8.28. The molecule has 1 fully saturated rings. The number of sulfone groups is 1. The summed E-state index contributed by atoms with van der Waals surface area (Å²) >= 11 is 1.47. The molecule has 0 saturated carbocycles. The SMILES string of the molecule is O=S(=O)(Nc1nnc2n1CCNCC2)c1ccc(N[C@H](CCN2CCOCC2)CSc2ccccc2)c(S(=O)(=O)C(F)(F)F)c1. The summed E-state index contributed by atoms with van der Waals surface area (Å²) in [6, 6.07) is 11.6. The highest BCUT2D eigenvalue weighted by Crippen LogP contribution is 2.37. The number of hydrogen-bond donors (Lipinski definition) is 3. The fourth-order valence-corrected chi connectivity index (χ4v) is 8.00. The predicted octanol–water partition coefficient (Wildman–Crippen LogP) is 2.81. The second-order valence-corrected chi connectivity index (χ2v) is 15.2. The van der Waals surface area contributed by atoms with Crippen LogP contribution in [0.5, 0.6) is 0 Å². The van der Waals surface area contributed by atoms with Crippen molar-refractivity contribution in [2.45, 2.75) is 45.6 Å². The maximum atomic E-state index is 13.9. The second-order valence-electron chi connectivity index (χ2n) is 10.5. The first kappa shape index (κ1) is 33.5. The lowest BCUT2D eigenvalue weighted by atomic mass is 10.2. The zero-order chi connectivity index (χ0) is 32.1. The molecule has 5 rings (SSSR count). The van der Waals surface area contributed by atoms with Gasteiger partial charge in [-0.3, -0.25) is 9.47 Å². The van der Waals surface area contributed by atoms with Gasteiger partial charge in [0, 0.05) is 62.4 Å². The van der Waals surface area contributed by atoms with E-state index in [0.717, 1.165) is 17.0 Å². The van der Waals surface area contributed by atoms with Crippen molar-refractivity contribution in [3.05, 3.63) is 54.4 Å². The van der Waals surface area contributed by atoms with Crippen molar-refractivity contribution in [1.29, 1.82) is 0 Å². The van der Waals surface area contributed by atoms with Crippen LogP contribution in [-0.4, -0.2) is 99.7 Å². The number of thioether (sulfide) groups is 1. The number of sulfonamides is 1. The molecule has 3 N–H and O–H groups in total. The fourth-order valence-electron chi connectivity index (χ4n) is 4.96. The van der Waals surface area contributed by atoms with Gasteiger partial charge in [-0.15, -0.1) is 22.0 Å². The van der Waals surface area contributed by atoms with E-state index in [4.69, 9.17) is 4.74 Å². The molecule has 2 aliphatic heterocycles. The molecule has 0 bridgehead atoms. The Morgan fingerprint density at radius 2 is 1.76 bits per heavy atom. The van der Waals surface area contributed by atoms with Crippen LogP contribution in [0.3, 0.4) is 0 Å². The third-order valence-electron chi connectivity index (χ3n) is 7.40. The molecule has 2 aromatic carbocycles. The molecule has 246 valence electrons. The number of nitrogens with zero attached hydrogens (tertiary/aromatic N) is 4. The minimum Gasteiger partial charge on any atom is -0.380 e. The summed E-state index contributed by atoms with van der Waals surface area (Å²) < 4.78 is 103. The number of morpholine rings is 1. The van der Waals surface area contributed by atoms with E-state index in [1.165, 1.54) is 11.8 Å². The van der Waals surface area contributed by atoms with Crippen molar-refractivity contribution in [1.82, 2.24) is 25.0 Å². The first-order valence-corrected chi connectivity index (χ1v) is 18.2. The molecule has 2 aliphatic rings. The first-order chi connectivity index (χ1) is 21.4. The lowest BCUT2D eigenvalue weighted by Gasteiger charge is -2.29. The summed E-state index contributed by atoms with van der Waals surface area (Å²) in [4.78, 5) is 1.27. The van der Waals surface area contributed by atoms with Crippen LogP contribution in [0, 0.1) is 0 Å². The highest BCUT2D eigenvalue weighted by Gasteiger charge is 2.48. The molecule has 0 spiro atoms. The monoisotopic (exact) mass is 689 g/mol. The molecule has 3 heterocycles. The van der Waals surface area contributed by atoms with Gasteiger partial charge in [0.2, 0.25) is 5.95 Å².